The van der Waals surface area contributed by atoms with Gasteiger partial charge in [-0.1, -0.05) is 23.2 Å². The first-order chi connectivity index (χ1) is 9.16. The van der Waals surface area contributed by atoms with Crippen molar-refractivity contribution in [2.75, 3.05) is 5.32 Å². The molecule has 3 aromatic rings. The fourth-order valence-corrected chi connectivity index (χ4v) is 2.71. The topological polar surface area (TPSA) is 83.6 Å². The summed E-state index contributed by atoms with van der Waals surface area (Å²) in [6, 6.07) is 1.53. The molecule has 2 N–H and O–H groups in total. The summed E-state index contributed by atoms with van der Waals surface area (Å²) in [6.07, 6.45) is 2.89. The SMILES string of the molecule is O=C(Nc1c(Cl)cc(Cl)c2nsnc12)c1cn[nH]c1. The van der Waals surface area contributed by atoms with Gasteiger partial charge >= 0.3 is 0 Å². The molecule has 2 heterocycles. The van der Waals surface area contributed by atoms with E-state index in [-0.39, 0.29) is 5.91 Å². The Morgan fingerprint density at radius 3 is 2.79 bits per heavy atom. The van der Waals surface area contributed by atoms with Crippen molar-refractivity contribution < 1.29 is 4.79 Å². The summed E-state index contributed by atoms with van der Waals surface area (Å²) < 4.78 is 8.16. The number of nitrogens with one attached hydrogen (secondary N) is 2. The van der Waals surface area contributed by atoms with E-state index in [0.29, 0.717) is 32.3 Å². The second-order valence-corrected chi connectivity index (χ2v) is 4.96. The minimum Gasteiger partial charge on any atom is -0.319 e. The van der Waals surface area contributed by atoms with Gasteiger partial charge in [0, 0.05) is 6.20 Å². The standard InChI is InChI=1S/C10H5Cl2N5OS/c11-5-1-6(12)8-9(17-19-16-8)7(5)15-10(18)4-2-13-14-3-4/h1-3H,(H,13,14)(H,15,18). The highest BCUT2D eigenvalue weighted by atomic mass is 35.5. The molecule has 19 heavy (non-hydrogen) atoms. The number of nitrogens with zero attached hydrogens (tertiary/aromatic N) is 3. The van der Waals surface area contributed by atoms with E-state index in [9.17, 15) is 4.79 Å². The predicted octanol–water partition coefficient (Wildman–Crippen LogP) is 2.97. The highest BCUT2D eigenvalue weighted by Gasteiger charge is 2.17. The van der Waals surface area contributed by atoms with Crippen LogP contribution in [0.4, 0.5) is 5.69 Å². The largest absolute Gasteiger partial charge is 0.319 e. The number of amides is 1. The number of carbonyl (C=O) groups is 1. The van der Waals surface area contributed by atoms with Crippen LogP contribution in [0.5, 0.6) is 0 Å². The number of rotatable bonds is 2. The maximum absolute atomic E-state index is 12.0. The summed E-state index contributed by atoms with van der Waals surface area (Å²) in [4.78, 5) is 12.0. The summed E-state index contributed by atoms with van der Waals surface area (Å²) in [6.45, 7) is 0. The van der Waals surface area contributed by atoms with Crippen molar-refractivity contribution in [1.29, 1.82) is 0 Å². The fourth-order valence-electron chi connectivity index (χ4n) is 1.55. The molecule has 6 nitrogen and oxygen atoms in total. The molecule has 0 aliphatic carbocycles. The first kappa shape index (κ1) is 12.3. The van der Waals surface area contributed by atoms with Crippen molar-refractivity contribution in [1.82, 2.24) is 18.9 Å². The van der Waals surface area contributed by atoms with Gasteiger partial charge in [-0.25, -0.2) is 0 Å². The number of anilines is 1. The molecule has 0 aliphatic heterocycles. The maximum atomic E-state index is 12.0. The molecule has 0 radical (unpaired) electrons. The summed E-state index contributed by atoms with van der Waals surface area (Å²) in [5, 5.41) is 9.66. The van der Waals surface area contributed by atoms with E-state index in [1.807, 2.05) is 0 Å². The van der Waals surface area contributed by atoms with E-state index in [2.05, 4.69) is 24.3 Å². The first-order valence-electron chi connectivity index (χ1n) is 5.07. The fraction of sp³-hybridized carbons (Fsp3) is 0. The van der Waals surface area contributed by atoms with Crippen LogP contribution in [0.25, 0.3) is 11.0 Å². The quantitative estimate of drug-likeness (QED) is 0.761. The Kier molecular flexibility index (Phi) is 3.09. The van der Waals surface area contributed by atoms with Gasteiger partial charge in [0.25, 0.3) is 5.91 Å². The van der Waals surface area contributed by atoms with E-state index >= 15 is 0 Å². The predicted molar refractivity (Wildman–Crippen MR) is 74.0 cm³/mol. The lowest BCUT2D eigenvalue weighted by Gasteiger charge is -2.07. The van der Waals surface area contributed by atoms with Gasteiger partial charge in [0.1, 0.15) is 11.0 Å². The van der Waals surface area contributed by atoms with Gasteiger partial charge < -0.3 is 5.32 Å². The number of hydrogen-bond donors (Lipinski definition) is 2. The molecule has 1 aromatic carbocycles. The number of halogens is 2. The Labute approximate surface area is 121 Å². The minimum absolute atomic E-state index is 0.307. The Hall–Kier alpha value is -1.70. The van der Waals surface area contributed by atoms with Crippen LogP contribution in [0, 0.1) is 0 Å². The second-order valence-electron chi connectivity index (χ2n) is 3.62. The van der Waals surface area contributed by atoms with Crippen molar-refractivity contribution in [3.63, 3.8) is 0 Å². The second kappa shape index (κ2) is 4.76. The van der Waals surface area contributed by atoms with Crippen LogP contribution in [0.3, 0.4) is 0 Å². The molecule has 0 unspecified atom stereocenters. The molecule has 96 valence electrons. The molecule has 0 fully saturated rings. The first-order valence-corrected chi connectivity index (χ1v) is 6.56. The van der Waals surface area contributed by atoms with Crippen LogP contribution in [-0.4, -0.2) is 24.9 Å². The van der Waals surface area contributed by atoms with Crippen molar-refractivity contribution in [3.05, 3.63) is 34.1 Å². The minimum atomic E-state index is -0.340. The van der Waals surface area contributed by atoms with Crippen LogP contribution in [0.15, 0.2) is 18.5 Å². The molecule has 0 aliphatic rings. The smallest absolute Gasteiger partial charge is 0.258 e. The van der Waals surface area contributed by atoms with Gasteiger partial charge in [0.15, 0.2) is 0 Å². The molecule has 0 saturated heterocycles. The number of aromatic amines is 1. The van der Waals surface area contributed by atoms with Gasteiger partial charge in [-0.2, -0.15) is 13.8 Å². The average Bonchev–Trinajstić information content (AvgIpc) is 3.04. The number of carbonyl (C=O) groups excluding carboxylic acids is 1. The van der Waals surface area contributed by atoms with Gasteiger partial charge in [0.2, 0.25) is 0 Å². The molecule has 0 saturated carbocycles. The van der Waals surface area contributed by atoms with E-state index in [4.69, 9.17) is 23.2 Å². The molecule has 0 spiro atoms. The van der Waals surface area contributed by atoms with E-state index in [1.54, 1.807) is 0 Å². The summed E-state index contributed by atoms with van der Waals surface area (Å²) in [5.74, 6) is -0.340. The average molecular weight is 314 g/mol. The van der Waals surface area contributed by atoms with Crippen molar-refractivity contribution in [2.24, 2.45) is 0 Å². The van der Waals surface area contributed by atoms with Crippen LogP contribution in [0.2, 0.25) is 10.0 Å². The Morgan fingerprint density at radius 2 is 2.05 bits per heavy atom. The lowest BCUT2D eigenvalue weighted by molar-refractivity contribution is 0.102. The maximum Gasteiger partial charge on any atom is 0.258 e. The molecule has 0 bridgehead atoms. The highest BCUT2D eigenvalue weighted by Crippen LogP contribution is 2.35. The summed E-state index contributed by atoms with van der Waals surface area (Å²) in [7, 11) is 0. The Morgan fingerprint density at radius 1 is 1.26 bits per heavy atom. The van der Waals surface area contributed by atoms with Crippen LogP contribution in [-0.2, 0) is 0 Å². The van der Waals surface area contributed by atoms with Crippen molar-refractivity contribution >= 4 is 57.6 Å². The van der Waals surface area contributed by atoms with Crippen LogP contribution >= 0.6 is 34.9 Å². The number of aromatic nitrogens is 4. The van der Waals surface area contributed by atoms with E-state index < -0.39 is 0 Å². The normalized spacial score (nSPS) is 10.8. The lowest BCUT2D eigenvalue weighted by atomic mass is 10.2. The Bertz CT molecular complexity index is 755. The number of hydrogen-bond acceptors (Lipinski definition) is 5. The molecule has 0 atom stereocenters. The van der Waals surface area contributed by atoms with Crippen LogP contribution in [0.1, 0.15) is 10.4 Å². The molecule has 3 rings (SSSR count). The zero-order valence-corrected chi connectivity index (χ0v) is 11.5. The van der Waals surface area contributed by atoms with Gasteiger partial charge in [0.05, 0.1) is 39.2 Å². The number of H-pyrrole nitrogens is 1. The zero-order chi connectivity index (χ0) is 13.4. The van der Waals surface area contributed by atoms with Crippen molar-refractivity contribution in [3.8, 4) is 0 Å². The van der Waals surface area contributed by atoms with E-state index in [1.165, 1.54) is 18.5 Å². The summed E-state index contributed by atoms with van der Waals surface area (Å²) >= 11 is 13.1. The number of fused-ring (bicyclic) bond motifs is 1. The third kappa shape index (κ3) is 2.16. The zero-order valence-electron chi connectivity index (χ0n) is 9.15. The third-order valence-corrected chi connectivity index (χ3v) is 3.56. The Balaban J connectivity index is 2.06. The van der Waals surface area contributed by atoms with Crippen LogP contribution < -0.4 is 5.32 Å². The molecular weight excluding hydrogens is 309 g/mol. The monoisotopic (exact) mass is 313 g/mol. The molecular formula is C10H5Cl2N5OS. The molecule has 9 heteroatoms. The third-order valence-electron chi connectivity index (χ3n) is 2.44. The van der Waals surface area contributed by atoms with E-state index in [0.717, 1.165) is 11.7 Å². The van der Waals surface area contributed by atoms with Gasteiger partial charge in [-0.05, 0) is 6.07 Å². The molecule has 1 amide bonds. The summed E-state index contributed by atoms with van der Waals surface area (Å²) in [5.41, 5.74) is 1.77. The molecule has 2 aromatic heterocycles. The number of benzene rings is 1. The highest BCUT2D eigenvalue weighted by molar-refractivity contribution is 7.00. The van der Waals surface area contributed by atoms with Crippen molar-refractivity contribution in [2.45, 2.75) is 0 Å². The van der Waals surface area contributed by atoms with Gasteiger partial charge in [-0.3, -0.25) is 9.89 Å². The lowest BCUT2D eigenvalue weighted by Crippen LogP contribution is -2.11. The van der Waals surface area contributed by atoms with Gasteiger partial charge in [-0.15, -0.1) is 0 Å².